The van der Waals surface area contributed by atoms with E-state index in [0.717, 1.165) is 4.90 Å². The predicted molar refractivity (Wildman–Crippen MR) is 72.2 cm³/mol. The van der Waals surface area contributed by atoms with E-state index < -0.39 is 24.7 Å². The number of halogens is 3. The number of carbonyl (C=O) groups is 1. The minimum Gasteiger partial charge on any atom is -0.399 e. The maximum atomic E-state index is 12.4. The maximum Gasteiger partial charge on any atom is 0.401 e. The van der Waals surface area contributed by atoms with Crippen molar-refractivity contribution >= 4 is 17.3 Å². The van der Waals surface area contributed by atoms with Crippen molar-refractivity contribution in [3.8, 4) is 0 Å². The standard InChI is InChI=1S/C13H18F3N3O/c1-3-19(8-13(14,15)16)9(2)12(20)18-11-6-4-5-10(17)7-11/h4-7,9H,3,8,17H2,1-2H3,(H,18,20). The Morgan fingerprint density at radius 1 is 1.45 bits per heavy atom. The van der Waals surface area contributed by atoms with Crippen LogP contribution in [0.3, 0.4) is 0 Å². The Balaban J connectivity index is 2.70. The van der Waals surface area contributed by atoms with Gasteiger partial charge in [-0.3, -0.25) is 9.69 Å². The van der Waals surface area contributed by atoms with Crippen molar-refractivity contribution in [1.29, 1.82) is 0 Å². The number of benzene rings is 1. The largest absolute Gasteiger partial charge is 0.401 e. The summed E-state index contributed by atoms with van der Waals surface area (Å²) in [5.41, 5.74) is 6.50. The Kier molecular flexibility index (Phi) is 5.38. The van der Waals surface area contributed by atoms with Crippen LogP contribution in [0.25, 0.3) is 0 Å². The van der Waals surface area contributed by atoms with Crippen LogP contribution in [0.2, 0.25) is 0 Å². The molecule has 7 heteroatoms. The number of alkyl halides is 3. The Hall–Kier alpha value is -1.76. The van der Waals surface area contributed by atoms with Gasteiger partial charge in [-0.2, -0.15) is 13.2 Å². The lowest BCUT2D eigenvalue weighted by Crippen LogP contribution is -2.46. The summed E-state index contributed by atoms with van der Waals surface area (Å²) in [5, 5.41) is 2.56. The quantitative estimate of drug-likeness (QED) is 0.819. The molecule has 4 nitrogen and oxygen atoms in total. The monoisotopic (exact) mass is 289 g/mol. The third-order valence-corrected chi connectivity index (χ3v) is 2.87. The number of nitrogens with one attached hydrogen (secondary N) is 1. The van der Waals surface area contributed by atoms with Gasteiger partial charge in [0.25, 0.3) is 0 Å². The number of carbonyl (C=O) groups excluding carboxylic acids is 1. The van der Waals surface area contributed by atoms with E-state index in [1.54, 1.807) is 31.2 Å². The molecule has 20 heavy (non-hydrogen) atoms. The molecule has 1 aromatic carbocycles. The molecular formula is C13H18F3N3O. The highest BCUT2D eigenvalue weighted by Gasteiger charge is 2.33. The fourth-order valence-corrected chi connectivity index (χ4v) is 1.78. The molecule has 0 heterocycles. The molecule has 1 unspecified atom stereocenters. The third kappa shape index (κ3) is 5.08. The highest BCUT2D eigenvalue weighted by Crippen LogP contribution is 2.19. The first-order valence-electron chi connectivity index (χ1n) is 6.20. The number of anilines is 2. The summed E-state index contributed by atoms with van der Waals surface area (Å²) < 4.78 is 37.2. The van der Waals surface area contributed by atoms with Crippen LogP contribution in [0.5, 0.6) is 0 Å². The van der Waals surface area contributed by atoms with Gasteiger partial charge in [-0.15, -0.1) is 0 Å². The Morgan fingerprint density at radius 3 is 2.60 bits per heavy atom. The van der Waals surface area contributed by atoms with Gasteiger partial charge in [-0.1, -0.05) is 13.0 Å². The second kappa shape index (κ2) is 6.60. The van der Waals surface area contributed by atoms with Gasteiger partial charge in [0.15, 0.2) is 0 Å². The highest BCUT2D eigenvalue weighted by atomic mass is 19.4. The zero-order valence-corrected chi connectivity index (χ0v) is 11.4. The van der Waals surface area contributed by atoms with Crippen LogP contribution in [-0.2, 0) is 4.79 Å². The summed E-state index contributed by atoms with van der Waals surface area (Å²) in [4.78, 5) is 13.0. The zero-order chi connectivity index (χ0) is 15.3. The van der Waals surface area contributed by atoms with E-state index in [-0.39, 0.29) is 6.54 Å². The van der Waals surface area contributed by atoms with Crippen LogP contribution in [0.1, 0.15) is 13.8 Å². The summed E-state index contributed by atoms with van der Waals surface area (Å²) in [5.74, 6) is -0.498. The SMILES string of the molecule is CCN(CC(F)(F)F)C(C)C(=O)Nc1cccc(N)c1. The number of hydrogen-bond acceptors (Lipinski definition) is 3. The van der Waals surface area contributed by atoms with Gasteiger partial charge in [-0.25, -0.2) is 0 Å². The topological polar surface area (TPSA) is 58.4 Å². The summed E-state index contributed by atoms with van der Waals surface area (Å²) in [6.07, 6.45) is -4.33. The van der Waals surface area contributed by atoms with Gasteiger partial charge >= 0.3 is 6.18 Å². The second-order valence-corrected chi connectivity index (χ2v) is 4.47. The van der Waals surface area contributed by atoms with Crippen LogP contribution in [0, 0.1) is 0 Å². The molecule has 1 atom stereocenters. The summed E-state index contributed by atoms with van der Waals surface area (Å²) in [7, 11) is 0. The first kappa shape index (κ1) is 16.3. The number of nitrogens with two attached hydrogens (primary N) is 1. The molecule has 1 rings (SSSR count). The predicted octanol–water partition coefficient (Wildman–Crippen LogP) is 2.48. The molecule has 0 spiro atoms. The number of amides is 1. The van der Waals surface area contributed by atoms with E-state index in [0.29, 0.717) is 11.4 Å². The molecule has 0 aliphatic heterocycles. The molecule has 0 aromatic heterocycles. The average Bonchev–Trinajstić information content (AvgIpc) is 2.34. The average molecular weight is 289 g/mol. The molecule has 1 amide bonds. The molecule has 0 aliphatic carbocycles. The van der Waals surface area contributed by atoms with Crippen molar-refractivity contribution in [1.82, 2.24) is 4.90 Å². The van der Waals surface area contributed by atoms with Gasteiger partial charge in [0, 0.05) is 11.4 Å². The van der Waals surface area contributed by atoms with Crippen molar-refractivity contribution in [2.24, 2.45) is 0 Å². The molecule has 1 aromatic rings. The smallest absolute Gasteiger partial charge is 0.399 e. The van der Waals surface area contributed by atoms with Crippen LogP contribution in [-0.4, -0.2) is 36.1 Å². The summed E-state index contributed by atoms with van der Waals surface area (Å²) >= 11 is 0. The number of hydrogen-bond donors (Lipinski definition) is 2. The van der Waals surface area contributed by atoms with Gasteiger partial charge in [0.1, 0.15) is 0 Å². The van der Waals surface area contributed by atoms with E-state index in [1.807, 2.05) is 0 Å². The Morgan fingerprint density at radius 2 is 2.10 bits per heavy atom. The Labute approximate surface area is 115 Å². The first-order valence-corrected chi connectivity index (χ1v) is 6.20. The minimum absolute atomic E-state index is 0.130. The van der Waals surface area contributed by atoms with Crippen LogP contribution in [0.15, 0.2) is 24.3 Å². The molecule has 0 saturated heterocycles. The number of nitrogens with zero attached hydrogens (tertiary/aromatic N) is 1. The first-order chi connectivity index (χ1) is 9.23. The fraction of sp³-hybridized carbons (Fsp3) is 0.462. The summed E-state index contributed by atoms with van der Waals surface area (Å²) in [6, 6.07) is 5.60. The van der Waals surface area contributed by atoms with Crippen LogP contribution >= 0.6 is 0 Å². The number of nitrogen functional groups attached to an aromatic ring is 1. The van der Waals surface area contributed by atoms with Crippen molar-refractivity contribution in [2.75, 3.05) is 24.1 Å². The van der Waals surface area contributed by atoms with E-state index >= 15 is 0 Å². The van der Waals surface area contributed by atoms with Gasteiger partial charge in [-0.05, 0) is 31.7 Å². The van der Waals surface area contributed by atoms with E-state index in [4.69, 9.17) is 5.73 Å². The van der Waals surface area contributed by atoms with E-state index in [2.05, 4.69) is 5.32 Å². The van der Waals surface area contributed by atoms with Crippen LogP contribution in [0.4, 0.5) is 24.5 Å². The molecular weight excluding hydrogens is 271 g/mol. The summed E-state index contributed by atoms with van der Waals surface area (Å²) in [6.45, 7) is 2.03. The molecule has 3 N–H and O–H groups in total. The maximum absolute atomic E-state index is 12.4. The molecule has 0 bridgehead atoms. The minimum atomic E-state index is -4.33. The third-order valence-electron chi connectivity index (χ3n) is 2.87. The van der Waals surface area contributed by atoms with Crippen molar-refractivity contribution in [3.63, 3.8) is 0 Å². The lowest BCUT2D eigenvalue weighted by atomic mass is 10.2. The van der Waals surface area contributed by atoms with E-state index in [1.165, 1.54) is 6.92 Å². The number of likely N-dealkylation sites (N-methyl/N-ethyl adjacent to an activating group) is 1. The lowest BCUT2D eigenvalue weighted by molar-refractivity contribution is -0.152. The number of rotatable bonds is 5. The lowest BCUT2D eigenvalue weighted by Gasteiger charge is -2.27. The molecule has 0 aliphatic rings. The Bertz CT molecular complexity index is 462. The molecule has 0 fully saturated rings. The zero-order valence-electron chi connectivity index (χ0n) is 11.4. The molecule has 0 saturated carbocycles. The molecule has 0 radical (unpaired) electrons. The van der Waals surface area contributed by atoms with Crippen molar-refractivity contribution in [3.05, 3.63) is 24.3 Å². The van der Waals surface area contributed by atoms with Crippen molar-refractivity contribution in [2.45, 2.75) is 26.1 Å². The van der Waals surface area contributed by atoms with Gasteiger partial charge < -0.3 is 11.1 Å². The van der Waals surface area contributed by atoms with E-state index in [9.17, 15) is 18.0 Å². The molecule has 112 valence electrons. The normalized spacial score (nSPS) is 13.3. The second-order valence-electron chi connectivity index (χ2n) is 4.47. The van der Waals surface area contributed by atoms with Gasteiger partial charge in [0.2, 0.25) is 5.91 Å². The van der Waals surface area contributed by atoms with Crippen LogP contribution < -0.4 is 11.1 Å². The van der Waals surface area contributed by atoms with Crippen molar-refractivity contribution < 1.29 is 18.0 Å². The highest BCUT2D eigenvalue weighted by molar-refractivity contribution is 5.94. The van der Waals surface area contributed by atoms with Gasteiger partial charge in [0.05, 0.1) is 12.6 Å². The fourth-order valence-electron chi connectivity index (χ4n) is 1.78.